The van der Waals surface area contributed by atoms with E-state index in [1.54, 1.807) is 0 Å². The number of halogens is 1. The van der Waals surface area contributed by atoms with Crippen LogP contribution in [0.2, 0.25) is 0 Å². The molecule has 0 aromatic heterocycles. The fourth-order valence-corrected chi connectivity index (χ4v) is 3.08. The first-order valence-corrected chi connectivity index (χ1v) is 8.38. The largest absolute Gasteiger partial charge is 0.491 e. The molecule has 0 amide bonds. The van der Waals surface area contributed by atoms with Crippen molar-refractivity contribution in [2.75, 3.05) is 13.2 Å². The zero-order valence-electron chi connectivity index (χ0n) is 12.2. The standard InChI is InChI=1S/C16H21IO4/c1-2-20-15(18)12-6-8-16(19,9-7-12)11-21-14-5-3-4-13(17)10-14/h3-5,10,12,19H,2,6-9,11H2,1H3. The molecule has 0 spiro atoms. The summed E-state index contributed by atoms with van der Waals surface area (Å²) in [6.07, 6.45) is 2.46. The maximum absolute atomic E-state index is 11.7. The molecule has 1 aromatic rings. The lowest BCUT2D eigenvalue weighted by Gasteiger charge is -2.34. The number of hydrogen-bond donors (Lipinski definition) is 1. The van der Waals surface area contributed by atoms with Gasteiger partial charge in [-0.2, -0.15) is 0 Å². The molecule has 0 atom stereocenters. The molecule has 2 rings (SSSR count). The summed E-state index contributed by atoms with van der Waals surface area (Å²) in [5, 5.41) is 10.6. The zero-order chi connectivity index (χ0) is 15.3. The molecule has 1 aliphatic carbocycles. The van der Waals surface area contributed by atoms with Crippen molar-refractivity contribution in [2.24, 2.45) is 5.92 Å². The zero-order valence-corrected chi connectivity index (χ0v) is 14.3. The number of esters is 1. The van der Waals surface area contributed by atoms with Crippen molar-refractivity contribution in [3.05, 3.63) is 27.8 Å². The quantitative estimate of drug-likeness (QED) is 0.605. The summed E-state index contributed by atoms with van der Waals surface area (Å²) >= 11 is 2.23. The third-order valence-electron chi connectivity index (χ3n) is 3.84. The lowest BCUT2D eigenvalue weighted by atomic mass is 9.79. The average molecular weight is 404 g/mol. The van der Waals surface area contributed by atoms with Gasteiger partial charge in [-0.05, 0) is 73.4 Å². The van der Waals surface area contributed by atoms with E-state index in [2.05, 4.69) is 22.6 Å². The van der Waals surface area contributed by atoms with Gasteiger partial charge < -0.3 is 14.6 Å². The summed E-state index contributed by atoms with van der Waals surface area (Å²) in [5.41, 5.74) is -0.843. The number of rotatable bonds is 5. The smallest absolute Gasteiger partial charge is 0.308 e. The Morgan fingerprint density at radius 2 is 2.14 bits per heavy atom. The lowest BCUT2D eigenvalue weighted by Crippen LogP contribution is -2.41. The van der Waals surface area contributed by atoms with Gasteiger partial charge in [-0.3, -0.25) is 4.79 Å². The molecular formula is C16H21IO4. The highest BCUT2D eigenvalue weighted by Crippen LogP contribution is 2.33. The Hall–Kier alpha value is -0.820. The molecule has 0 radical (unpaired) electrons. The molecule has 116 valence electrons. The van der Waals surface area contributed by atoms with E-state index < -0.39 is 5.60 Å². The minimum absolute atomic E-state index is 0.0806. The van der Waals surface area contributed by atoms with Crippen LogP contribution in [0, 0.1) is 9.49 Å². The van der Waals surface area contributed by atoms with Crippen molar-refractivity contribution >= 4 is 28.6 Å². The Morgan fingerprint density at radius 3 is 2.76 bits per heavy atom. The highest BCUT2D eigenvalue weighted by molar-refractivity contribution is 14.1. The van der Waals surface area contributed by atoms with Gasteiger partial charge in [0.1, 0.15) is 12.4 Å². The van der Waals surface area contributed by atoms with E-state index >= 15 is 0 Å². The van der Waals surface area contributed by atoms with Crippen LogP contribution in [0.3, 0.4) is 0 Å². The number of carbonyl (C=O) groups is 1. The molecule has 1 saturated carbocycles. The van der Waals surface area contributed by atoms with Crippen LogP contribution in [0.1, 0.15) is 32.6 Å². The summed E-state index contributed by atoms with van der Waals surface area (Å²) < 4.78 is 11.8. The topological polar surface area (TPSA) is 55.8 Å². The molecule has 1 aromatic carbocycles. The molecule has 0 unspecified atom stereocenters. The first-order chi connectivity index (χ1) is 10.0. The van der Waals surface area contributed by atoms with Crippen LogP contribution in [0.4, 0.5) is 0 Å². The molecule has 5 heteroatoms. The summed E-state index contributed by atoms with van der Waals surface area (Å²) in [6, 6.07) is 7.75. The van der Waals surface area contributed by atoms with Crippen molar-refractivity contribution in [1.29, 1.82) is 0 Å². The van der Waals surface area contributed by atoms with Gasteiger partial charge in [-0.1, -0.05) is 6.07 Å². The monoisotopic (exact) mass is 404 g/mol. The van der Waals surface area contributed by atoms with Gasteiger partial charge in [0.05, 0.1) is 18.1 Å². The van der Waals surface area contributed by atoms with Gasteiger partial charge in [-0.25, -0.2) is 0 Å². The van der Waals surface area contributed by atoms with E-state index in [-0.39, 0.29) is 18.5 Å². The second kappa shape index (κ2) is 7.45. The normalized spacial score (nSPS) is 25.4. The van der Waals surface area contributed by atoms with Crippen molar-refractivity contribution < 1.29 is 19.4 Å². The van der Waals surface area contributed by atoms with Crippen molar-refractivity contribution in [1.82, 2.24) is 0 Å². The third-order valence-corrected chi connectivity index (χ3v) is 4.51. The van der Waals surface area contributed by atoms with E-state index in [1.165, 1.54) is 0 Å². The fourth-order valence-electron chi connectivity index (χ4n) is 2.57. The van der Waals surface area contributed by atoms with Crippen LogP contribution in [0.25, 0.3) is 0 Å². The van der Waals surface area contributed by atoms with Gasteiger partial charge in [-0.15, -0.1) is 0 Å². The van der Waals surface area contributed by atoms with Gasteiger partial charge in [0.25, 0.3) is 0 Å². The maximum Gasteiger partial charge on any atom is 0.308 e. The van der Waals surface area contributed by atoms with Crippen LogP contribution in [-0.4, -0.2) is 29.9 Å². The summed E-state index contributed by atoms with van der Waals surface area (Å²) in [5.74, 6) is 0.545. The number of ether oxygens (including phenoxy) is 2. The molecule has 21 heavy (non-hydrogen) atoms. The molecule has 0 aliphatic heterocycles. The minimum atomic E-state index is -0.843. The molecule has 4 nitrogen and oxygen atoms in total. The molecular weight excluding hydrogens is 383 g/mol. The highest BCUT2D eigenvalue weighted by Gasteiger charge is 2.37. The van der Waals surface area contributed by atoms with Crippen LogP contribution in [0.5, 0.6) is 5.75 Å². The maximum atomic E-state index is 11.7. The predicted molar refractivity (Wildman–Crippen MR) is 88.2 cm³/mol. The van der Waals surface area contributed by atoms with Gasteiger partial charge >= 0.3 is 5.97 Å². The Kier molecular flexibility index (Phi) is 5.87. The second-order valence-electron chi connectivity index (χ2n) is 5.50. The summed E-state index contributed by atoms with van der Waals surface area (Å²) in [6.45, 7) is 2.49. The third kappa shape index (κ3) is 4.85. The van der Waals surface area contributed by atoms with E-state index in [0.717, 1.165) is 9.32 Å². The van der Waals surface area contributed by atoms with E-state index in [1.807, 2.05) is 31.2 Å². The highest BCUT2D eigenvalue weighted by atomic mass is 127. The van der Waals surface area contributed by atoms with Gasteiger partial charge in [0.15, 0.2) is 0 Å². The van der Waals surface area contributed by atoms with Crippen LogP contribution in [-0.2, 0) is 9.53 Å². The van der Waals surface area contributed by atoms with E-state index in [9.17, 15) is 9.90 Å². The van der Waals surface area contributed by atoms with Gasteiger partial charge in [0, 0.05) is 3.57 Å². The average Bonchev–Trinajstić information content (AvgIpc) is 2.46. The predicted octanol–water partition coefficient (Wildman–Crippen LogP) is 3.15. The van der Waals surface area contributed by atoms with Crippen molar-refractivity contribution in [3.8, 4) is 5.75 Å². The Labute approximate surface area is 139 Å². The Morgan fingerprint density at radius 1 is 1.43 bits per heavy atom. The van der Waals surface area contributed by atoms with Crippen molar-refractivity contribution in [2.45, 2.75) is 38.2 Å². The first-order valence-electron chi connectivity index (χ1n) is 7.30. The van der Waals surface area contributed by atoms with Crippen LogP contribution >= 0.6 is 22.6 Å². The number of aliphatic hydroxyl groups is 1. The fraction of sp³-hybridized carbons (Fsp3) is 0.562. The SMILES string of the molecule is CCOC(=O)C1CCC(O)(COc2cccc(I)c2)CC1. The first kappa shape index (κ1) is 16.5. The Bertz CT molecular complexity index is 481. The van der Waals surface area contributed by atoms with E-state index in [4.69, 9.17) is 9.47 Å². The summed E-state index contributed by atoms with van der Waals surface area (Å²) in [7, 11) is 0. The number of carbonyl (C=O) groups excluding carboxylic acids is 1. The van der Waals surface area contributed by atoms with Crippen LogP contribution in [0.15, 0.2) is 24.3 Å². The molecule has 0 bridgehead atoms. The van der Waals surface area contributed by atoms with Crippen LogP contribution < -0.4 is 4.74 Å². The Balaban J connectivity index is 1.83. The minimum Gasteiger partial charge on any atom is -0.491 e. The molecule has 0 heterocycles. The second-order valence-corrected chi connectivity index (χ2v) is 6.74. The lowest BCUT2D eigenvalue weighted by molar-refractivity contribution is -0.151. The van der Waals surface area contributed by atoms with E-state index in [0.29, 0.717) is 32.3 Å². The molecule has 1 fully saturated rings. The molecule has 1 N–H and O–H groups in total. The van der Waals surface area contributed by atoms with Gasteiger partial charge in [0.2, 0.25) is 0 Å². The van der Waals surface area contributed by atoms with Crippen molar-refractivity contribution in [3.63, 3.8) is 0 Å². The summed E-state index contributed by atoms with van der Waals surface area (Å²) in [4.78, 5) is 11.7. The number of hydrogen-bond acceptors (Lipinski definition) is 4. The number of benzene rings is 1. The molecule has 0 saturated heterocycles. The molecule has 1 aliphatic rings.